The predicted octanol–water partition coefficient (Wildman–Crippen LogP) is 5.54. The zero-order chi connectivity index (χ0) is 15.5. The maximum atomic E-state index is 6.34. The fraction of sp³-hybridized carbons (Fsp3) is 0.647. The summed E-state index contributed by atoms with van der Waals surface area (Å²) in [6.45, 7) is 7.89. The summed E-state index contributed by atoms with van der Waals surface area (Å²) < 4.78 is 8.42. The van der Waals surface area contributed by atoms with E-state index in [0.717, 1.165) is 40.5 Å². The van der Waals surface area contributed by atoms with Crippen LogP contribution in [0.1, 0.15) is 46.5 Å². The molecule has 1 saturated carbocycles. The average molecular weight is 419 g/mol. The molecular formula is C17H25Br2NO. The van der Waals surface area contributed by atoms with Crippen molar-refractivity contribution >= 4 is 31.9 Å². The van der Waals surface area contributed by atoms with Gasteiger partial charge in [-0.1, -0.05) is 36.7 Å². The van der Waals surface area contributed by atoms with Gasteiger partial charge in [0.15, 0.2) is 0 Å². The lowest BCUT2D eigenvalue weighted by atomic mass is 9.58. The van der Waals surface area contributed by atoms with Crippen molar-refractivity contribution in [3.05, 3.63) is 27.1 Å². The third kappa shape index (κ3) is 3.48. The van der Waals surface area contributed by atoms with E-state index in [1.165, 1.54) is 6.42 Å². The summed E-state index contributed by atoms with van der Waals surface area (Å²) in [7, 11) is 0. The Morgan fingerprint density at radius 3 is 2.52 bits per heavy atom. The van der Waals surface area contributed by atoms with E-state index < -0.39 is 0 Å². The summed E-state index contributed by atoms with van der Waals surface area (Å²) in [6.07, 6.45) is 4.90. The molecule has 0 heterocycles. The number of rotatable bonds is 7. The third-order valence-corrected chi connectivity index (χ3v) is 6.02. The maximum absolute atomic E-state index is 6.34. The molecule has 2 nitrogen and oxygen atoms in total. The van der Waals surface area contributed by atoms with Gasteiger partial charge in [0.05, 0.1) is 4.47 Å². The van der Waals surface area contributed by atoms with E-state index in [1.807, 2.05) is 18.2 Å². The van der Waals surface area contributed by atoms with Crippen LogP contribution in [0.15, 0.2) is 27.1 Å². The van der Waals surface area contributed by atoms with Gasteiger partial charge in [-0.3, -0.25) is 0 Å². The van der Waals surface area contributed by atoms with Gasteiger partial charge < -0.3 is 10.1 Å². The average Bonchev–Trinajstić information content (AvgIpc) is 2.45. The first-order valence-electron chi connectivity index (χ1n) is 7.92. The molecule has 0 bridgehead atoms. The minimum Gasteiger partial charge on any atom is -0.489 e. The predicted molar refractivity (Wildman–Crippen MR) is 96.0 cm³/mol. The SMILES string of the molecule is CCCNC1CC(Oc2ccc(Br)cc2Br)C1(CC)CC. The van der Waals surface area contributed by atoms with Gasteiger partial charge in [-0.2, -0.15) is 0 Å². The van der Waals surface area contributed by atoms with Crippen LogP contribution in [-0.4, -0.2) is 18.7 Å². The van der Waals surface area contributed by atoms with Crippen molar-refractivity contribution in [1.82, 2.24) is 5.32 Å². The van der Waals surface area contributed by atoms with Crippen LogP contribution in [0.25, 0.3) is 0 Å². The number of hydrogen-bond donors (Lipinski definition) is 1. The maximum Gasteiger partial charge on any atom is 0.134 e. The topological polar surface area (TPSA) is 21.3 Å². The van der Waals surface area contributed by atoms with Crippen LogP contribution in [0.5, 0.6) is 5.75 Å². The summed E-state index contributed by atoms with van der Waals surface area (Å²) >= 11 is 7.08. The summed E-state index contributed by atoms with van der Waals surface area (Å²) in [4.78, 5) is 0. The van der Waals surface area contributed by atoms with Crippen LogP contribution in [0, 0.1) is 5.41 Å². The second kappa shape index (κ2) is 7.47. The highest BCUT2D eigenvalue weighted by Gasteiger charge is 2.54. The Labute approximate surface area is 145 Å². The zero-order valence-corrected chi connectivity index (χ0v) is 16.3. The number of ether oxygens (including phenoxy) is 1. The molecule has 1 aliphatic rings. The first-order valence-corrected chi connectivity index (χ1v) is 9.51. The van der Waals surface area contributed by atoms with E-state index in [4.69, 9.17) is 4.74 Å². The fourth-order valence-corrected chi connectivity index (χ4v) is 4.58. The van der Waals surface area contributed by atoms with Crippen molar-refractivity contribution in [1.29, 1.82) is 0 Å². The van der Waals surface area contributed by atoms with E-state index in [2.05, 4.69) is 57.9 Å². The molecule has 1 aliphatic carbocycles. The normalized spacial score (nSPS) is 23.7. The minimum atomic E-state index is 0.266. The molecule has 0 amide bonds. The monoisotopic (exact) mass is 417 g/mol. The van der Waals surface area contributed by atoms with Crippen molar-refractivity contribution in [2.75, 3.05) is 6.54 Å². The summed E-state index contributed by atoms with van der Waals surface area (Å²) in [5.41, 5.74) is 0.266. The van der Waals surface area contributed by atoms with E-state index in [9.17, 15) is 0 Å². The van der Waals surface area contributed by atoms with Crippen LogP contribution in [0.2, 0.25) is 0 Å². The van der Waals surface area contributed by atoms with Crippen molar-refractivity contribution in [3.8, 4) is 5.75 Å². The summed E-state index contributed by atoms with van der Waals surface area (Å²) in [6, 6.07) is 6.70. The first kappa shape index (κ1) is 17.3. The lowest BCUT2D eigenvalue weighted by Crippen LogP contribution is -2.64. The van der Waals surface area contributed by atoms with Gasteiger partial charge in [-0.25, -0.2) is 0 Å². The fourth-order valence-electron chi connectivity index (χ4n) is 3.44. The van der Waals surface area contributed by atoms with Crippen LogP contribution in [-0.2, 0) is 0 Å². The van der Waals surface area contributed by atoms with Crippen molar-refractivity contribution in [2.45, 2.75) is 58.6 Å². The Kier molecular flexibility index (Phi) is 6.15. The zero-order valence-electron chi connectivity index (χ0n) is 13.1. The molecule has 118 valence electrons. The number of nitrogens with one attached hydrogen (secondary N) is 1. The van der Waals surface area contributed by atoms with E-state index in [0.29, 0.717) is 12.1 Å². The number of benzene rings is 1. The van der Waals surface area contributed by atoms with Crippen LogP contribution in [0.4, 0.5) is 0 Å². The molecule has 21 heavy (non-hydrogen) atoms. The molecule has 2 atom stereocenters. The quantitative estimate of drug-likeness (QED) is 0.627. The molecular weight excluding hydrogens is 394 g/mol. The van der Waals surface area contributed by atoms with Gasteiger partial charge in [-0.15, -0.1) is 0 Å². The number of hydrogen-bond acceptors (Lipinski definition) is 2. The van der Waals surface area contributed by atoms with E-state index in [-0.39, 0.29) is 5.41 Å². The molecule has 1 aromatic carbocycles. The Morgan fingerprint density at radius 1 is 1.24 bits per heavy atom. The molecule has 1 fully saturated rings. The third-order valence-electron chi connectivity index (χ3n) is 4.91. The van der Waals surface area contributed by atoms with Gasteiger partial charge in [0.1, 0.15) is 11.9 Å². The largest absolute Gasteiger partial charge is 0.489 e. The Morgan fingerprint density at radius 2 is 1.95 bits per heavy atom. The standard InChI is InChI=1S/C17H25Br2NO/c1-4-9-20-15-11-16(17(15,5-2)6-3)21-14-8-7-12(18)10-13(14)19/h7-8,10,15-16,20H,4-6,9,11H2,1-3H3. The smallest absolute Gasteiger partial charge is 0.134 e. The van der Waals surface area contributed by atoms with E-state index in [1.54, 1.807) is 0 Å². The van der Waals surface area contributed by atoms with Crippen molar-refractivity contribution in [2.24, 2.45) is 5.41 Å². The molecule has 0 spiro atoms. The summed E-state index contributed by atoms with van der Waals surface area (Å²) in [5, 5.41) is 3.70. The van der Waals surface area contributed by atoms with Crippen LogP contribution < -0.4 is 10.1 Å². The minimum absolute atomic E-state index is 0.266. The Hall–Kier alpha value is -0.0600. The highest BCUT2D eigenvalue weighted by atomic mass is 79.9. The van der Waals surface area contributed by atoms with Crippen LogP contribution in [0.3, 0.4) is 0 Å². The lowest BCUT2D eigenvalue weighted by Gasteiger charge is -2.55. The molecule has 1 N–H and O–H groups in total. The molecule has 4 heteroatoms. The molecule has 0 aliphatic heterocycles. The van der Waals surface area contributed by atoms with Gasteiger partial charge in [-0.05, 0) is 59.9 Å². The molecule has 2 rings (SSSR count). The van der Waals surface area contributed by atoms with Gasteiger partial charge in [0.25, 0.3) is 0 Å². The second-order valence-electron chi connectivity index (χ2n) is 5.86. The molecule has 2 unspecified atom stereocenters. The van der Waals surface area contributed by atoms with E-state index >= 15 is 0 Å². The molecule has 1 aromatic rings. The van der Waals surface area contributed by atoms with Crippen LogP contribution >= 0.6 is 31.9 Å². The summed E-state index contributed by atoms with van der Waals surface area (Å²) in [5.74, 6) is 0.948. The second-order valence-corrected chi connectivity index (χ2v) is 7.63. The Balaban J connectivity index is 2.09. The number of halogens is 2. The molecule has 0 aromatic heterocycles. The highest BCUT2D eigenvalue weighted by molar-refractivity contribution is 9.11. The van der Waals surface area contributed by atoms with Crippen molar-refractivity contribution in [3.63, 3.8) is 0 Å². The highest BCUT2D eigenvalue weighted by Crippen LogP contribution is 2.49. The molecule has 0 saturated heterocycles. The Bertz CT molecular complexity index is 474. The van der Waals surface area contributed by atoms with Gasteiger partial charge in [0.2, 0.25) is 0 Å². The van der Waals surface area contributed by atoms with Gasteiger partial charge in [0, 0.05) is 22.4 Å². The van der Waals surface area contributed by atoms with Gasteiger partial charge >= 0.3 is 0 Å². The molecule has 0 radical (unpaired) electrons. The van der Waals surface area contributed by atoms with Crippen molar-refractivity contribution < 1.29 is 4.74 Å². The lowest BCUT2D eigenvalue weighted by molar-refractivity contribution is -0.0861. The first-order chi connectivity index (χ1) is 10.1.